The number of tetrazole rings is 1. The second-order valence-electron chi connectivity index (χ2n) is 6.36. The van der Waals surface area contributed by atoms with Crippen molar-refractivity contribution < 1.29 is 4.79 Å². The molecule has 0 saturated heterocycles. The van der Waals surface area contributed by atoms with Crippen LogP contribution in [0.4, 0.5) is 0 Å². The van der Waals surface area contributed by atoms with Gasteiger partial charge in [-0.25, -0.2) is 9.67 Å². The number of imidazole rings is 1. The third-order valence-corrected chi connectivity index (χ3v) is 4.44. The summed E-state index contributed by atoms with van der Waals surface area (Å²) in [6.45, 7) is 1.90. The van der Waals surface area contributed by atoms with E-state index in [1.807, 2.05) is 61.5 Å². The predicted molar refractivity (Wildman–Crippen MR) is 99.7 cm³/mol. The van der Waals surface area contributed by atoms with Crippen LogP contribution in [0, 0.1) is 0 Å². The number of fused-ring (bicyclic) bond motifs is 1. The van der Waals surface area contributed by atoms with E-state index in [9.17, 15) is 4.79 Å². The summed E-state index contributed by atoms with van der Waals surface area (Å²) in [7, 11) is 0. The van der Waals surface area contributed by atoms with E-state index in [1.54, 1.807) is 0 Å². The number of amides is 1. The molecule has 4 aromatic rings. The Morgan fingerprint density at radius 1 is 1.15 bits per heavy atom. The van der Waals surface area contributed by atoms with Crippen molar-refractivity contribution in [1.29, 1.82) is 0 Å². The topological polar surface area (TPSA) is 101 Å². The number of aromatic amines is 1. The molecule has 4 rings (SSSR count). The average Bonchev–Trinajstić information content (AvgIpc) is 3.36. The maximum Gasteiger partial charge on any atom is 0.245 e. The second kappa shape index (κ2) is 7.36. The Morgan fingerprint density at radius 2 is 1.93 bits per heavy atom. The fraction of sp³-hybridized carbons (Fsp3) is 0.211. The smallest absolute Gasteiger partial charge is 0.245 e. The van der Waals surface area contributed by atoms with Crippen LogP contribution < -0.4 is 5.32 Å². The maximum absolute atomic E-state index is 13.0. The second-order valence-corrected chi connectivity index (χ2v) is 6.36. The Morgan fingerprint density at radius 3 is 2.67 bits per heavy atom. The number of nitrogens with one attached hydrogen (secondary N) is 2. The Balaban J connectivity index is 1.54. The molecule has 27 heavy (non-hydrogen) atoms. The summed E-state index contributed by atoms with van der Waals surface area (Å²) in [6.07, 6.45) is 1.95. The van der Waals surface area contributed by atoms with Gasteiger partial charge in [-0.05, 0) is 35.0 Å². The maximum atomic E-state index is 13.0. The molecule has 2 aromatic carbocycles. The number of hydrogen-bond acceptors (Lipinski definition) is 5. The van der Waals surface area contributed by atoms with Crippen molar-refractivity contribution in [3.05, 3.63) is 72.3 Å². The molecule has 0 aliphatic heterocycles. The average molecular weight is 361 g/mol. The summed E-state index contributed by atoms with van der Waals surface area (Å²) < 4.78 is 1.48. The van der Waals surface area contributed by atoms with E-state index >= 15 is 0 Å². The molecule has 8 heteroatoms. The fourth-order valence-corrected chi connectivity index (χ4v) is 3.01. The third kappa shape index (κ3) is 3.69. The molecule has 136 valence electrons. The number of benzene rings is 2. The van der Waals surface area contributed by atoms with E-state index in [1.165, 1.54) is 11.0 Å². The number of carbonyl (C=O) groups excluding carboxylic acids is 1. The Labute approximate surface area is 155 Å². The lowest BCUT2D eigenvalue weighted by Gasteiger charge is -2.19. The Bertz CT molecular complexity index is 994. The SMILES string of the molecule is C[C@H](NC(=O)[C@H](Cc1ccccc1)n1cnnn1)c1nc2ccccc2[nH]1. The molecule has 2 heterocycles. The van der Waals surface area contributed by atoms with Gasteiger partial charge < -0.3 is 10.3 Å². The van der Waals surface area contributed by atoms with E-state index < -0.39 is 6.04 Å². The van der Waals surface area contributed by atoms with Gasteiger partial charge in [-0.3, -0.25) is 4.79 Å². The highest BCUT2D eigenvalue weighted by atomic mass is 16.2. The monoisotopic (exact) mass is 361 g/mol. The molecule has 0 bridgehead atoms. The predicted octanol–water partition coefficient (Wildman–Crippen LogP) is 2.21. The summed E-state index contributed by atoms with van der Waals surface area (Å²) >= 11 is 0. The molecule has 0 aliphatic rings. The highest BCUT2D eigenvalue weighted by Gasteiger charge is 2.24. The van der Waals surface area contributed by atoms with Crippen LogP contribution in [0.25, 0.3) is 11.0 Å². The molecule has 1 amide bonds. The van der Waals surface area contributed by atoms with Gasteiger partial charge in [0.05, 0.1) is 17.1 Å². The lowest BCUT2D eigenvalue weighted by molar-refractivity contribution is -0.125. The van der Waals surface area contributed by atoms with Gasteiger partial charge in [0.25, 0.3) is 0 Å². The number of para-hydroxylation sites is 2. The molecular weight excluding hydrogens is 342 g/mol. The summed E-state index contributed by atoms with van der Waals surface area (Å²) in [5.74, 6) is 0.541. The van der Waals surface area contributed by atoms with E-state index in [2.05, 4.69) is 30.8 Å². The minimum absolute atomic E-state index is 0.167. The molecule has 8 nitrogen and oxygen atoms in total. The molecule has 0 fully saturated rings. The summed E-state index contributed by atoms with van der Waals surface area (Å²) in [5.41, 5.74) is 2.84. The van der Waals surface area contributed by atoms with Crippen molar-refractivity contribution in [3.63, 3.8) is 0 Å². The van der Waals surface area contributed by atoms with Gasteiger partial charge in [0, 0.05) is 6.42 Å². The number of aromatic nitrogens is 6. The number of H-pyrrole nitrogens is 1. The Hall–Kier alpha value is -3.55. The van der Waals surface area contributed by atoms with Crippen LogP contribution in [0.2, 0.25) is 0 Å². The molecule has 0 aliphatic carbocycles. The van der Waals surface area contributed by atoms with Crippen LogP contribution in [0.15, 0.2) is 60.9 Å². The van der Waals surface area contributed by atoms with Crippen LogP contribution in [-0.2, 0) is 11.2 Å². The molecule has 2 atom stereocenters. The highest BCUT2D eigenvalue weighted by molar-refractivity contribution is 5.81. The summed E-state index contributed by atoms with van der Waals surface area (Å²) in [6, 6.07) is 16.7. The largest absolute Gasteiger partial charge is 0.345 e. The van der Waals surface area contributed by atoms with Crippen molar-refractivity contribution >= 4 is 16.9 Å². The van der Waals surface area contributed by atoms with Crippen molar-refractivity contribution in [3.8, 4) is 0 Å². The number of hydrogen-bond donors (Lipinski definition) is 2. The zero-order valence-corrected chi connectivity index (χ0v) is 14.8. The molecule has 0 spiro atoms. The number of rotatable bonds is 6. The standard InChI is InChI=1S/C19H19N7O/c1-13(18-22-15-9-5-6-10-16(15)23-18)21-19(27)17(26-12-20-24-25-26)11-14-7-3-2-4-8-14/h2-10,12-13,17H,11H2,1H3,(H,21,27)(H,22,23)/t13-,17-/m0/s1. The molecule has 0 radical (unpaired) electrons. The van der Waals surface area contributed by atoms with Gasteiger partial charge in [0.15, 0.2) is 0 Å². The normalized spacial score (nSPS) is 13.4. The van der Waals surface area contributed by atoms with Crippen LogP contribution in [0.3, 0.4) is 0 Å². The van der Waals surface area contributed by atoms with Crippen molar-refractivity contribution in [2.45, 2.75) is 25.4 Å². The van der Waals surface area contributed by atoms with E-state index in [0.29, 0.717) is 12.2 Å². The van der Waals surface area contributed by atoms with E-state index in [-0.39, 0.29) is 11.9 Å². The fourth-order valence-electron chi connectivity index (χ4n) is 3.01. The van der Waals surface area contributed by atoms with Gasteiger partial charge in [0.2, 0.25) is 5.91 Å². The first-order valence-electron chi connectivity index (χ1n) is 8.72. The minimum atomic E-state index is -0.547. The van der Waals surface area contributed by atoms with Gasteiger partial charge >= 0.3 is 0 Å². The molecular formula is C19H19N7O. The van der Waals surface area contributed by atoms with Gasteiger partial charge in [0.1, 0.15) is 18.2 Å². The minimum Gasteiger partial charge on any atom is -0.345 e. The molecule has 0 saturated carbocycles. The zero-order valence-electron chi connectivity index (χ0n) is 14.8. The third-order valence-electron chi connectivity index (χ3n) is 4.44. The van der Waals surface area contributed by atoms with Crippen molar-refractivity contribution in [2.75, 3.05) is 0 Å². The van der Waals surface area contributed by atoms with E-state index in [4.69, 9.17) is 0 Å². The number of nitrogens with zero attached hydrogens (tertiary/aromatic N) is 5. The lowest BCUT2D eigenvalue weighted by atomic mass is 10.1. The molecule has 2 aromatic heterocycles. The number of carbonyl (C=O) groups is 1. The van der Waals surface area contributed by atoms with Crippen LogP contribution >= 0.6 is 0 Å². The first-order valence-corrected chi connectivity index (χ1v) is 8.72. The summed E-state index contributed by atoms with van der Waals surface area (Å²) in [5, 5.41) is 14.3. The molecule has 0 unspecified atom stereocenters. The van der Waals surface area contributed by atoms with Crippen molar-refractivity contribution in [1.82, 2.24) is 35.5 Å². The van der Waals surface area contributed by atoms with Gasteiger partial charge in [-0.15, -0.1) is 5.10 Å². The van der Waals surface area contributed by atoms with Crippen molar-refractivity contribution in [2.24, 2.45) is 0 Å². The van der Waals surface area contributed by atoms with Crippen LogP contribution in [-0.4, -0.2) is 36.1 Å². The first kappa shape index (κ1) is 16.9. The Kier molecular flexibility index (Phi) is 4.61. The van der Waals surface area contributed by atoms with Crippen LogP contribution in [0.1, 0.15) is 30.4 Å². The molecule has 2 N–H and O–H groups in total. The van der Waals surface area contributed by atoms with Gasteiger partial charge in [-0.2, -0.15) is 0 Å². The van der Waals surface area contributed by atoms with Gasteiger partial charge in [-0.1, -0.05) is 42.5 Å². The quantitative estimate of drug-likeness (QED) is 0.548. The highest BCUT2D eigenvalue weighted by Crippen LogP contribution is 2.18. The van der Waals surface area contributed by atoms with E-state index in [0.717, 1.165) is 16.6 Å². The summed E-state index contributed by atoms with van der Waals surface area (Å²) in [4.78, 5) is 20.8. The zero-order chi connectivity index (χ0) is 18.6. The lowest BCUT2D eigenvalue weighted by Crippen LogP contribution is -2.36. The first-order chi connectivity index (χ1) is 13.2. The van der Waals surface area contributed by atoms with Crippen LogP contribution in [0.5, 0.6) is 0 Å².